The van der Waals surface area contributed by atoms with Crippen LogP contribution in [-0.4, -0.2) is 36.9 Å². The van der Waals surface area contributed by atoms with E-state index in [-0.39, 0.29) is 18.0 Å². The third kappa shape index (κ3) is 5.45. The van der Waals surface area contributed by atoms with Crippen molar-refractivity contribution in [3.8, 4) is 11.5 Å². The molecule has 1 aliphatic rings. The number of hydrogen-bond acceptors (Lipinski definition) is 6. The number of nitrogens with one attached hydrogen (secondary N) is 1. The maximum atomic E-state index is 14.7. The zero-order chi connectivity index (χ0) is 26.2. The van der Waals surface area contributed by atoms with E-state index in [1.807, 2.05) is 0 Å². The quantitative estimate of drug-likeness (QED) is 0.344. The van der Waals surface area contributed by atoms with E-state index in [1.165, 1.54) is 14.0 Å². The molecule has 4 rings (SSSR count). The van der Waals surface area contributed by atoms with Gasteiger partial charge in [-0.15, -0.1) is 0 Å². The van der Waals surface area contributed by atoms with Crippen LogP contribution in [0.15, 0.2) is 24.3 Å². The van der Waals surface area contributed by atoms with Crippen LogP contribution in [0.2, 0.25) is 0 Å². The number of aromatic nitrogens is 2. The topological polar surface area (TPSA) is 65.5 Å². The highest BCUT2D eigenvalue weighted by atomic mass is 19.4. The van der Waals surface area contributed by atoms with Crippen LogP contribution in [0.4, 0.5) is 27.8 Å². The highest BCUT2D eigenvalue weighted by Gasteiger charge is 2.37. The summed E-state index contributed by atoms with van der Waals surface area (Å²) in [4.78, 5) is 8.78. The van der Waals surface area contributed by atoms with E-state index in [0.29, 0.717) is 40.8 Å². The monoisotopic (exact) mass is 511 g/mol. The summed E-state index contributed by atoms with van der Waals surface area (Å²) in [6.45, 7) is 3.45. The second-order valence-electron chi connectivity index (χ2n) is 8.81. The number of benzene rings is 2. The van der Waals surface area contributed by atoms with Crippen LogP contribution in [0.5, 0.6) is 11.5 Å². The first-order chi connectivity index (χ1) is 17.0. The lowest BCUT2D eigenvalue weighted by Gasteiger charge is -2.22. The fourth-order valence-electron chi connectivity index (χ4n) is 4.09. The Morgan fingerprint density at radius 1 is 1.06 bits per heavy atom. The van der Waals surface area contributed by atoms with Gasteiger partial charge in [-0.3, -0.25) is 0 Å². The highest BCUT2D eigenvalue weighted by Crippen LogP contribution is 2.41. The van der Waals surface area contributed by atoms with Gasteiger partial charge in [-0.25, -0.2) is 18.7 Å². The molecule has 36 heavy (non-hydrogen) atoms. The van der Waals surface area contributed by atoms with E-state index < -0.39 is 35.0 Å². The third-order valence-electron chi connectivity index (χ3n) is 6.04. The number of hydrogen-bond donors (Lipinski definition) is 1. The van der Waals surface area contributed by atoms with Crippen molar-refractivity contribution in [2.45, 2.75) is 45.0 Å². The lowest BCUT2D eigenvalue weighted by atomic mass is 10.0. The van der Waals surface area contributed by atoms with Crippen molar-refractivity contribution < 1.29 is 36.2 Å². The molecular weight excluding hydrogens is 485 g/mol. The van der Waals surface area contributed by atoms with Gasteiger partial charge in [-0.1, -0.05) is 0 Å². The van der Waals surface area contributed by atoms with E-state index in [0.717, 1.165) is 18.9 Å². The predicted molar refractivity (Wildman–Crippen MR) is 123 cm³/mol. The van der Waals surface area contributed by atoms with E-state index in [9.17, 15) is 22.0 Å². The number of rotatable bonds is 9. The Kier molecular flexibility index (Phi) is 7.21. The van der Waals surface area contributed by atoms with Gasteiger partial charge in [-0.2, -0.15) is 13.2 Å². The fraction of sp³-hybridized carbons (Fsp3) is 0.440. The molecule has 0 bridgehead atoms. The molecule has 0 radical (unpaired) electrons. The summed E-state index contributed by atoms with van der Waals surface area (Å²) in [6.07, 6.45) is -3.18. The Balaban J connectivity index is 1.74. The molecule has 2 aromatic carbocycles. The summed E-state index contributed by atoms with van der Waals surface area (Å²) in [5.41, 5.74) is -1.67. The van der Waals surface area contributed by atoms with Crippen LogP contribution in [-0.2, 0) is 10.9 Å². The maximum Gasteiger partial charge on any atom is 0.419 e. The van der Waals surface area contributed by atoms with Crippen molar-refractivity contribution in [1.29, 1.82) is 0 Å². The van der Waals surface area contributed by atoms with Crippen LogP contribution in [0.1, 0.15) is 42.8 Å². The first-order valence-corrected chi connectivity index (χ1v) is 11.4. The number of aryl methyl sites for hydroxylation is 1. The molecule has 3 aromatic rings. The summed E-state index contributed by atoms with van der Waals surface area (Å²) in [5, 5.41) is 3.40. The van der Waals surface area contributed by atoms with Crippen LogP contribution in [0, 0.1) is 24.5 Å². The van der Waals surface area contributed by atoms with Crippen LogP contribution in [0.25, 0.3) is 10.9 Å². The van der Waals surface area contributed by atoms with E-state index in [1.54, 1.807) is 26.2 Å². The fourth-order valence-corrected chi connectivity index (χ4v) is 4.09. The second-order valence-corrected chi connectivity index (χ2v) is 8.81. The molecule has 0 aliphatic heterocycles. The lowest BCUT2D eigenvalue weighted by molar-refractivity contribution is -0.140. The van der Waals surface area contributed by atoms with Crippen molar-refractivity contribution in [2.75, 3.05) is 26.1 Å². The molecule has 1 unspecified atom stereocenters. The molecule has 1 aliphatic carbocycles. The molecule has 1 heterocycles. The molecule has 1 N–H and O–H groups in total. The normalized spacial score (nSPS) is 15.6. The molecule has 194 valence electrons. The third-order valence-corrected chi connectivity index (χ3v) is 6.04. The maximum absolute atomic E-state index is 14.7. The number of anilines is 1. The Morgan fingerprint density at radius 3 is 2.39 bits per heavy atom. The molecule has 0 saturated heterocycles. The smallest absolute Gasteiger partial charge is 0.419 e. The van der Waals surface area contributed by atoms with E-state index in [4.69, 9.17) is 14.2 Å². The van der Waals surface area contributed by atoms with Crippen molar-refractivity contribution in [3.05, 3.63) is 52.9 Å². The zero-order valence-corrected chi connectivity index (χ0v) is 20.2. The molecule has 0 spiro atoms. The second kappa shape index (κ2) is 10.0. The number of nitrogens with zero attached hydrogens (tertiary/aromatic N) is 2. The summed E-state index contributed by atoms with van der Waals surface area (Å²) < 4.78 is 85.4. The largest absolute Gasteiger partial charge is 0.493 e. The van der Waals surface area contributed by atoms with Gasteiger partial charge in [0.2, 0.25) is 0 Å². The summed E-state index contributed by atoms with van der Waals surface area (Å²) >= 11 is 0. The Bertz CT molecular complexity index is 1260. The van der Waals surface area contributed by atoms with Gasteiger partial charge < -0.3 is 19.5 Å². The molecule has 11 heteroatoms. The van der Waals surface area contributed by atoms with Crippen LogP contribution in [0.3, 0.4) is 0 Å². The van der Waals surface area contributed by atoms with Crippen molar-refractivity contribution >= 4 is 16.7 Å². The van der Waals surface area contributed by atoms with Crippen molar-refractivity contribution in [1.82, 2.24) is 9.97 Å². The SMILES string of the molecule is COCC(Oc1cc2c(N[C@H](C)c3cc(F)cc(C(F)(F)F)c3F)nc(C)nc2cc1OC)C1CC1. The highest BCUT2D eigenvalue weighted by molar-refractivity contribution is 5.92. The van der Waals surface area contributed by atoms with E-state index in [2.05, 4.69) is 15.3 Å². The van der Waals surface area contributed by atoms with Crippen LogP contribution < -0.4 is 14.8 Å². The minimum atomic E-state index is -5.04. The summed E-state index contributed by atoms with van der Waals surface area (Å²) in [5.74, 6) is -0.942. The molecular formula is C25H26F5N3O3. The lowest BCUT2D eigenvalue weighted by Crippen LogP contribution is -2.25. The average molecular weight is 511 g/mol. The van der Waals surface area contributed by atoms with Gasteiger partial charge in [-0.05, 0) is 50.8 Å². The van der Waals surface area contributed by atoms with Gasteiger partial charge in [0.1, 0.15) is 29.4 Å². The number of halogens is 5. The van der Waals surface area contributed by atoms with Gasteiger partial charge in [0.25, 0.3) is 0 Å². The number of alkyl halides is 3. The molecule has 1 aromatic heterocycles. The first kappa shape index (κ1) is 25.9. The number of fused-ring (bicyclic) bond motifs is 1. The average Bonchev–Trinajstić information content (AvgIpc) is 3.64. The Labute approximate surface area is 204 Å². The molecule has 6 nitrogen and oxygen atoms in total. The van der Waals surface area contributed by atoms with Gasteiger partial charge in [0.05, 0.1) is 30.8 Å². The Morgan fingerprint density at radius 2 is 1.78 bits per heavy atom. The van der Waals surface area contributed by atoms with Crippen molar-refractivity contribution in [2.24, 2.45) is 5.92 Å². The minimum absolute atomic E-state index is 0.141. The zero-order valence-electron chi connectivity index (χ0n) is 20.2. The number of ether oxygens (including phenoxy) is 3. The molecule has 0 amide bonds. The van der Waals surface area contributed by atoms with Gasteiger partial charge in [0.15, 0.2) is 11.5 Å². The summed E-state index contributed by atoms with van der Waals surface area (Å²) in [6, 6.07) is 3.15. The minimum Gasteiger partial charge on any atom is -0.493 e. The van der Waals surface area contributed by atoms with Crippen molar-refractivity contribution in [3.63, 3.8) is 0 Å². The standard InChI is InChI=1S/C25H26F5N3O3/c1-12(16-7-15(26)8-18(23(16)27)25(28,29)30)31-24-17-9-21(36-22(11-34-3)14-5-6-14)20(35-4)10-19(17)32-13(2)33-24/h7-10,12,14,22H,5-6,11H2,1-4H3,(H,31,32,33)/t12-,22?/m1/s1. The van der Waals surface area contributed by atoms with Gasteiger partial charge >= 0.3 is 6.18 Å². The first-order valence-electron chi connectivity index (χ1n) is 11.4. The Hall–Kier alpha value is -3.21. The van der Waals surface area contributed by atoms with E-state index >= 15 is 0 Å². The van der Waals surface area contributed by atoms with Gasteiger partial charge in [0, 0.05) is 24.1 Å². The number of methoxy groups -OCH3 is 2. The predicted octanol–water partition coefficient (Wildman–Crippen LogP) is 6.22. The molecule has 1 saturated carbocycles. The summed E-state index contributed by atoms with van der Waals surface area (Å²) in [7, 11) is 3.09. The van der Waals surface area contributed by atoms with Crippen LogP contribution >= 0.6 is 0 Å². The molecule has 2 atom stereocenters. The molecule has 1 fully saturated rings.